The molecule has 1 N–H and O–H groups in total. The van der Waals surface area contributed by atoms with Gasteiger partial charge < -0.3 is 9.53 Å². The van der Waals surface area contributed by atoms with Gasteiger partial charge >= 0.3 is 0 Å². The molecule has 0 saturated carbocycles. The normalized spacial score (nSPS) is 13.2. The van der Waals surface area contributed by atoms with Gasteiger partial charge in [-0.3, -0.25) is 0 Å². The molecule has 2 rings (SSSR count). The maximum Gasteiger partial charge on any atom is 0.261 e. The number of aliphatic hydroxyl groups excluding tert-OH is 1. The number of aliphatic hydroxyl groups is 1. The zero-order valence-electron chi connectivity index (χ0n) is 17.7. The van der Waals surface area contributed by atoms with Crippen molar-refractivity contribution in [3.8, 4) is 0 Å². The standard InChI is InChI=1S/C25H34O2Si/c1-22(14-8-7-13-20-26)19-21-27-28(25(2,3)4,23-15-9-5-10-16-23)24-17-11-6-12-18-24/h5-7,9-13,15-19,26H,8,14,20-21H2,1-4H3/b13-7+,22-19+. The summed E-state index contributed by atoms with van der Waals surface area (Å²) in [6, 6.07) is 21.5. The number of hydrogen-bond donors (Lipinski definition) is 1. The van der Waals surface area contributed by atoms with E-state index < -0.39 is 8.32 Å². The number of allylic oxidation sites excluding steroid dienone is 2. The van der Waals surface area contributed by atoms with Gasteiger partial charge in [-0.15, -0.1) is 0 Å². The van der Waals surface area contributed by atoms with E-state index >= 15 is 0 Å². The Balaban J connectivity index is 2.33. The molecule has 0 fully saturated rings. The van der Waals surface area contributed by atoms with Crippen LogP contribution in [-0.4, -0.2) is 26.6 Å². The fraction of sp³-hybridized carbons (Fsp3) is 0.360. The van der Waals surface area contributed by atoms with Crippen LogP contribution in [0.15, 0.2) is 84.5 Å². The van der Waals surface area contributed by atoms with Crippen LogP contribution >= 0.6 is 0 Å². The van der Waals surface area contributed by atoms with Crippen molar-refractivity contribution in [3.63, 3.8) is 0 Å². The lowest BCUT2D eigenvalue weighted by Gasteiger charge is -2.42. The second kappa shape index (κ2) is 10.6. The summed E-state index contributed by atoms with van der Waals surface area (Å²) in [7, 11) is -2.45. The quantitative estimate of drug-likeness (QED) is 0.487. The lowest BCUT2D eigenvalue weighted by atomic mass is 10.1. The van der Waals surface area contributed by atoms with E-state index in [9.17, 15) is 0 Å². The number of benzene rings is 2. The van der Waals surface area contributed by atoms with E-state index in [1.165, 1.54) is 15.9 Å². The van der Waals surface area contributed by atoms with Crippen LogP contribution in [0.2, 0.25) is 5.04 Å². The molecule has 0 saturated heterocycles. The average Bonchev–Trinajstić information content (AvgIpc) is 2.69. The van der Waals surface area contributed by atoms with E-state index in [2.05, 4.69) is 94.4 Å². The second-order valence-corrected chi connectivity index (χ2v) is 12.5. The Hall–Kier alpha value is -1.94. The van der Waals surface area contributed by atoms with Crippen molar-refractivity contribution in [2.75, 3.05) is 13.2 Å². The van der Waals surface area contributed by atoms with E-state index in [0.717, 1.165) is 12.8 Å². The molecular weight excluding hydrogens is 360 g/mol. The monoisotopic (exact) mass is 394 g/mol. The molecule has 2 aromatic rings. The fourth-order valence-corrected chi connectivity index (χ4v) is 8.16. The molecule has 0 heterocycles. The minimum Gasteiger partial charge on any atom is -0.404 e. The predicted molar refractivity (Wildman–Crippen MR) is 123 cm³/mol. The molecule has 2 nitrogen and oxygen atoms in total. The van der Waals surface area contributed by atoms with Crippen LogP contribution in [0.5, 0.6) is 0 Å². The van der Waals surface area contributed by atoms with Crippen LogP contribution in [-0.2, 0) is 4.43 Å². The van der Waals surface area contributed by atoms with Crippen LogP contribution in [0.3, 0.4) is 0 Å². The first kappa shape index (κ1) is 22.3. The molecule has 28 heavy (non-hydrogen) atoms. The first-order valence-corrected chi connectivity index (χ1v) is 12.0. The third-order valence-corrected chi connectivity index (χ3v) is 10.1. The average molecular weight is 395 g/mol. The molecular formula is C25H34O2Si. The molecule has 0 aliphatic carbocycles. The summed E-state index contributed by atoms with van der Waals surface area (Å²) in [5, 5.41) is 11.5. The summed E-state index contributed by atoms with van der Waals surface area (Å²) < 4.78 is 6.87. The minimum absolute atomic E-state index is 0.00130. The van der Waals surface area contributed by atoms with Gasteiger partial charge in [-0.05, 0) is 35.2 Å². The molecule has 0 bridgehead atoms. The smallest absolute Gasteiger partial charge is 0.261 e. The molecule has 0 aromatic heterocycles. The van der Waals surface area contributed by atoms with E-state index in [1.807, 2.05) is 6.08 Å². The molecule has 150 valence electrons. The maximum absolute atomic E-state index is 8.84. The van der Waals surface area contributed by atoms with Crippen molar-refractivity contribution in [2.45, 2.75) is 45.6 Å². The van der Waals surface area contributed by atoms with E-state index in [-0.39, 0.29) is 11.6 Å². The van der Waals surface area contributed by atoms with Crippen molar-refractivity contribution >= 4 is 18.7 Å². The molecule has 0 spiro atoms. The van der Waals surface area contributed by atoms with Gasteiger partial charge in [-0.2, -0.15) is 0 Å². The SMILES string of the molecule is C/C(=C\CO[Si](c1ccccc1)(c1ccccc1)C(C)(C)C)CC/C=C/CO. The van der Waals surface area contributed by atoms with Gasteiger partial charge in [0.05, 0.1) is 13.2 Å². The van der Waals surface area contributed by atoms with Crippen LogP contribution in [0, 0.1) is 0 Å². The van der Waals surface area contributed by atoms with Crippen molar-refractivity contribution in [1.29, 1.82) is 0 Å². The lowest BCUT2D eigenvalue weighted by molar-refractivity contribution is 0.338. The highest BCUT2D eigenvalue weighted by Crippen LogP contribution is 2.36. The molecule has 0 aliphatic heterocycles. The Bertz CT molecular complexity index is 719. The largest absolute Gasteiger partial charge is 0.404 e. The highest BCUT2D eigenvalue weighted by molar-refractivity contribution is 6.99. The van der Waals surface area contributed by atoms with Gasteiger partial charge in [0.2, 0.25) is 0 Å². The highest BCUT2D eigenvalue weighted by atomic mass is 28.4. The summed E-state index contributed by atoms with van der Waals surface area (Å²) in [5.41, 5.74) is 1.32. The third-order valence-electron chi connectivity index (χ3n) is 5.13. The molecule has 0 amide bonds. The van der Waals surface area contributed by atoms with Crippen LogP contribution in [0.25, 0.3) is 0 Å². The lowest BCUT2D eigenvalue weighted by Crippen LogP contribution is -2.66. The van der Waals surface area contributed by atoms with Gasteiger partial charge in [0.25, 0.3) is 8.32 Å². The summed E-state index contributed by atoms with van der Waals surface area (Å²) in [5.74, 6) is 0. The molecule has 0 radical (unpaired) electrons. The van der Waals surface area contributed by atoms with Gasteiger partial charge in [-0.1, -0.05) is 105 Å². The zero-order chi connectivity index (χ0) is 20.5. The molecule has 3 heteroatoms. The molecule has 0 aliphatic rings. The van der Waals surface area contributed by atoms with Gasteiger partial charge in [0.15, 0.2) is 0 Å². The number of rotatable bonds is 9. The van der Waals surface area contributed by atoms with Crippen LogP contribution in [0.1, 0.15) is 40.5 Å². The summed E-state index contributed by atoms with van der Waals surface area (Å²) in [6.45, 7) is 9.78. The Kier molecular flexibility index (Phi) is 8.43. The Labute approximate surface area is 171 Å². The zero-order valence-corrected chi connectivity index (χ0v) is 18.7. The fourth-order valence-electron chi connectivity index (χ4n) is 3.68. The highest BCUT2D eigenvalue weighted by Gasteiger charge is 2.49. The van der Waals surface area contributed by atoms with Crippen molar-refractivity contribution in [2.24, 2.45) is 0 Å². The number of hydrogen-bond acceptors (Lipinski definition) is 2. The topological polar surface area (TPSA) is 29.5 Å². The Morgan fingerprint density at radius 2 is 1.46 bits per heavy atom. The van der Waals surface area contributed by atoms with Crippen LogP contribution in [0.4, 0.5) is 0 Å². The first-order chi connectivity index (χ1) is 13.4. The Morgan fingerprint density at radius 3 is 1.93 bits per heavy atom. The summed E-state index contributed by atoms with van der Waals surface area (Å²) >= 11 is 0. The van der Waals surface area contributed by atoms with E-state index in [4.69, 9.17) is 9.53 Å². The minimum atomic E-state index is -2.45. The van der Waals surface area contributed by atoms with Gasteiger partial charge in [-0.25, -0.2) is 0 Å². The predicted octanol–water partition coefficient (Wildman–Crippen LogP) is 4.84. The maximum atomic E-state index is 8.84. The molecule has 0 atom stereocenters. The third kappa shape index (κ3) is 5.54. The summed E-state index contributed by atoms with van der Waals surface area (Å²) in [4.78, 5) is 0. The van der Waals surface area contributed by atoms with Crippen molar-refractivity contribution in [1.82, 2.24) is 0 Å². The van der Waals surface area contributed by atoms with Crippen LogP contribution < -0.4 is 10.4 Å². The molecule has 0 unspecified atom stereocenters. The van der Waals surface area contributed by atoms with E-state index in [1.54, 1.807) is 6.08 Å². The van der Waals surface area contributed by atoms with Crippen molar-refractivity contribution < 1.29 is 9.53 Å². The summed E-state index contributed by atoms with van der Waals surface area (Å²) in [6.07, 6.45) is 7.97. The Morgan fingerprint density at radius 1 is 0.929 bits per heavy atom. The molecule has 2 aromatic carbocycles. The van der Waals surface area contributed by atoms with Gasteiger partial charge in [0.1, 0.15) is 0 Å². The second-order valence-electron chi connectivity index (χ2n) is 8.22. The van der Waals surface area contributed by atoms with Gasteiger partial charge in [0, 0.05) is 0 Å². The first-order valence-electron chi connectivity index (χ1n) is 10.1. The van der Waals surface area contributed by atoms with Crippen molar-refractivity contribution in [3.05, 3.63) is 84.5 Å². The van der Waals surface area contributed by atoms with E-state index in [0.29, 0.717) is 6.61 Å².